The second-order valence-corrected chi connectivity index (χ2v) is 4.23. The molecular weight excluding hydrogens is 239 g/mol. The topological polar surface area (TPSA) is 63.3 Å². The quantitative estimate of drug-likeness (QED) is 0.621. The predicted molar refractivity (Wildman–Crippen MR) is 64.5 cm³/mol. The van der Waals surface area contributed by atoms with Gasteiger partial charge in [-0.05, 0) is 6.07 Å². The Morgan fingerprint density at radius 3 is 2.59 bits per heavy atom. The summed E-state index contributed by atoms with van der Waals surface area (Å²) in [5.41, 5.74) is 2.22. The minimum absolute atomic E-state index is 1.05. The van der Waals surface area contributed by atoms with Gasteiger partial charge in [0.2, 0.25) is 5.69 Å². The Balaban J connectivity index is 0.000000249. The summed E-state index contributed by atoms with van der Waals surface area (Å²) in [5, 5.41) is 5.59. The lowest BCUT2D eigenvalue weighted by molar-refractivity contribution is -0.734. The first kappa shape index (κ1) is 13.6. The van der Waals surface area contributed by atoms with Crippen molar-refractivity contribution in [2.45, 2.75) is 6.92 Å². The second kappa shape index (κ2) is 6.35. The number of aromatic nitrogens is 2. The lowest BCUT2D eigenvalue weighted by atomic mass is 10.2. The largest absolute Gasteiger partial charge is 0.694 e. The first-order chi connectivity index (χ1) is 8.04. The third kappa shape index (κ3) is 4.15. The highest BCUT2D eigenvalue weighted by Gasteiger charge is 2.04. The molecule has 0 aliphatic heterocycles. The van der Waals surface area contributed by atoms with Crippen molar-refractivity contribution in [2.24, 2.45) is 7.05 Å². The first-order valence-corrected chi connectivity index (χ1v) is 6.10. The lowest BCUT2D eigenvalue weighted by Crippen LogP contribution is -2.36. The summed E-state index contributed by atoms with van der Waals surface area (Å²) in [5.74, 6) is 0. The van der Waals surface area contributed by atoms with E-state index in [1.165, 1.54) is 18.2 Å². The van der Waals surface area contributed by atoms with E-state index in [9.17, 15) is 4.57 Å². The van der Waals surface area contributed by atoms with Crippen LogP contribution in [0.2, 0.25) is 0 Å². The molecule has 0 spiro atoms. The van der Waals surface area contributed by atoms with Crippen molar-refractivity contribution in [1.29, 1.82) is 0 Å². The molecular formula is C11H15N2O3P+2. The van der Waals surface area contributed by atoms with Gasteiger partial charge in [0.25, 0.3) is 0 Å². The highest BCUT2D eigenvalue weighted by atomic mass is 31.1. The van der Waals surface area contributed by atoms with Crippen LogP contribution in [0.3, 0.4) is 0 Å². The van der Waals surface area contributed by atoms with Gasteiger partial charge >= 0.3 is 8.25 Å². The molecule has 0 aliphatic carbocycles. The normalized spacial score (nSPS) is 10.7. The maximum atomic E-state index is 9.29. The van der Waals surface area contributed by atoms with Crippen LogP contribution in [0, 0.1) is 6.92 Å². The minimum atomic E-state index is -2.35. The van der Waals surface area contributed by atoms with Crippen LogP contribution in [0.5, 0.6) is 0 Å². The highest BCUT2D eigenvalue weighted by molar-refractivity contribution is 7.32. The number of hydrogen-bond acceptors (Lipinski definition) is 3. The van der Waals surface area contributed by atoms with Gasteiger partial charge in [0.1, 0.15) is 5.52 Å². The Morgan fingerprint density at radius 2 is 2.00 bits per heavy atom. The predicted octanol–water partition coefficient (Wildman–Crippen LogP) is 1.65. The fraction of sp³-hybridized carbons (Fsp3) is 0.273. The maximum Gasteiger partial charge on any atom is 0.694 e. The van der Waals surface area contributed by atoms with Gasteiger partial charge in [-0.1, -0.05) is 22.9 Å². The van der Waals surface area contributed by atoms with Crippen molar-refractivity contribution < 1.29 is 18.7 Å². The molecule has 1 heterocycles. The molecule has 1 aromatic carbocycles. The molecule has 0 amide bonds. The van der Waals surface area contributed by atoms with Gasteiger partial charge in [0.05, 0.1) is 7.11 Å². The van der Waals surface area contributed by atoms with Crippen LogP contribution in [-0.2, 0) is 16.1 Å². The standard InChI is InChI=1S/C10H11N2.CH3O3P/c1-8-7-9-5-3-4-6-10(9)11-12(8)2;1-4-5(2)3/h3-7H,1-2H3;1H3/q+1;/p+1. The fourth-order valence-corrected chi connectivity index (χ4v) is 1.26. The number of hydrogen-bond donors (Lipinski definition) is 1. The van der Waals surface area contributed by atoms with E-state index >= 15 is 0 Å². The van der Waals surface area contributed by atoms with Gasteiger partial charge in [-0.25, -0.2) is 0 Å². The molecule has 0 aliphatic rings. The molecule has 0 radical (unpaired) electrons. The fourth-order valence-electron chi connectivity index (χ4n) is 1.26. The molecule has 0 fully saturated rings. The van der Waals surface area contributed by atoms with Crippen LogP contribution in [-0.4, -0.2) is 17.1 Å². The number of fused-ring (bicyclic) bond motifs is 1. The first-order valence-electron chi connectivity index (χ1n) is 4.97. The van der Waals surface area contributed by atoms with Crippen LogP contribution in [0.25, 0.3) is 10.9 Å². The van der Waals surface area contributed by atoms with Crippen LogP contribution in [0.1, 0.15) is 5.69 Å². The van der Waals surface area contributed by atoms with Gasteiger partial charge in [-0.15, -0.1) is 9.42 Å². The Kier molecular flexibility index (Phi) is 5.10. The third-order valence-corrected chi connectivity index (χ3v) is 2.54. The summed E-state index contributed by atoms with van der Waals surface area (Å²) >= 11 is 0. The SMILES string of the molecule is CO[P+](=O)O.Cc1cc2ccccc2n[n+]1C. The van der Waals surface area contributed by atoms with Crippen molar-refractivity contribution in [3.05, 3.63) is 36.0 Å². The molecule has 90 valence electrons. The molecule has 17 heavy (non-hydrogen) atoms. The Labute approximate surface area is 101 Å². The molecule has 2 rings (SSSR count). The number of benzene rings is 1. The Morgan fingerprint density at radius 1 is 1.41 bits per heavy atom. The number of rotatable bonds is 1. The molecule has 0 saturated heterocycles. The average molecular weight is 254 g/mol. The molecule has 5 nitrogen and oxygen atoms in total. The van der Waals surface area contributed by atoms with Crippen molar-refractivity contribution in [2.75, 3.05) is 7.11 Å². The molecule has 1 aromatic heterocycles. The van der Waals surface area contributed by atoms with Crippen LogP contribution in [0.15, 0.2) is 30.3 Å². The van der Waals surface area contributed by atoms with Crippen molar-refractivity contribution in [3.8, 4) is 0 Å². The smallest absolute Gasteiger partial charge is 0.133 e. The molecule has 0 bridgehead atoms. The average Bonchev–Trinajstić information content (AvgIpc) is 2.31. The summed E-state index contributed by atoms with van der Waals surface area (Å²) in [6.07, 6.45) is 0. The summed E-state index contributed by atoms with van der Waals surface area (Å²) in [6, 6.07) is 10.3. The van der Waals surface area contributed by atoms with Gasteiger partial charge in [-0.3, -0.25) is 0 Å². The number of aryl methyl sites for hydroxylation is 2. The van der Waals surface area contributed by atoms with Crippen LogP contribution < -0.4 is 4.68 Å². The zero-order chi connectivity index (χ0) is 12.8. The van der Waals surface area contributed by atoms with E-state index in [0.29, 0.717) is 0 Å². The molecule has 6 heteroatoms. The molecule has 0 saturated carbocycles. The van der Waals surface area contributed by atoms with E-state index in [2.05, 4.69) is 28.7 Å². The molecule has 1 unspecified atom stereocenters. The highest BCUT2D eigenvalue weighted by Crippen LogP contribution is 2.09. The Bertz CT molecular complexity index is 491. The summed E-state index contributed by atoms with van der Waals surface area (Å²) in [7, 11) is 0.777. The van der Waals surface area contributed by atoms with Gasteiger partial charge in [0.15, 0.2) is 7.05 Å². The van der Waals surface area contributed by atoms with Crippen molar-refractivity contribution >= 4 is 19.2 Å². The lowest BCUT2D eigenvalue weighted by Gasteiger charge is -1.94. The second-order valence-electron chi connectivity index (χ2n) is 3.39. The minimum Gasteiger partial charge on any atom is -0.133 e. The molecule has 1 atom stereocenters. The monoisotopic (exact) mass is 254 g/mol. The zero-order valence-corrected chi connectivity index (χ0v) is 10.9. The third-order valence-electron chi connectivity index (χ3n) is 2.23. The molecule has 1 N–H and O–H groups in total. The summed E-state index contributed by atoms with van der Waals surface area (Å²) in [6.45, 7) is 2.06. The van der Waals surface area contributed by atoms with E-state index in [0.717, 1.165) is 5.52 Å². The Hall–Kier alpha value is -1.42. The van der Waals surface area contributed by atoms with Crippen LogP contribution >= 0.6 is 8.25 Å². The van der Waals surface area contributed by atoms with E-state index < -0.39 is 8.25 Å². The van der Waals surface area contributed by atoms with E-state index in [-0.39, 0.29) is 0 Å². The molecule has 2 aromatic rings. The maximum absolute atomic E-state index is 9.29. The van der Waals surface area contributed by atoms with Crippen molar-refractivity contribution in [1.82, 2.24) is 5.10 Å². The van der Waals surface area contributed by atoms with E-state index in [1.54, 1.807) is 0 Å². The van der Waals surface area contributed by atoms with Gasteiger partial charge in [0, 0.05) is 28.0 Å². The van der Waals surface area contributed by atoms with E-state index in [4.69, 9.17) is 4.89 Å². The van der Waals surface area contributed by atoms with E-state index in [1.807, 2.05) is 29.9 Å². The van der Waals surface area contributed by atoms with Gasteiger partial charge < -0.3 is 0 Å². The van der Waals surface area contributed by atoms with Crippen molar-refractivity contribution in [3.63, 3.8) is 0 Å². The van der Waals surface area contributed by atoms with Crippen LogP contribution in [0.4, 0.5) is 0 Å². The number of nitrogens with zero attached hydrogens (tertiary/aromatic N) is 2. The zero-order valence-electron chi connectivity index (χ0n) is 9.99. The summed E-state index contributed by atoms with van der Waals surface area (Å²) in [4.78, 5) is 7.65. The summed E-state index contributed by atoms with van der Waals surface area (Å²) < 4.78 is 15.0. The van der Waals surface area contributed by atoms with Gasteiger partial charge in [-0.2, -0.15) is 0 Å².